The summed E-state index contributed by atoms with van der Waals surface area (Å²) in [5.74, 6) is 1.20. The molecule has 5 rings (SSSR count). The van der Waals surface area contributed by atoms with Crippen molar-refractivity contribution in [3.8, 4) is 11.1 Å². The molecule has 10 heteroatoms. The van der Waals surface area contributed by atoms with Crippen LogP contribution in [0.25, 0.3) is 27.7 Å². The number of anilines is 1. The van der Waals surface area contributed by atoms with Gasteiger partial charge in [-0.2, -0.15) is 0 Å². The van der Waals surface area contributed by atoms with Crippen LogP contribution in [0, 0.1) is 12.3 Å². The molecule has 1 N–H and O–H groups in total. The van der Waals surface area contributed by atoms with Gasteiger partial charge in [0.25, 0.3) is 6.43 Å². The van der Waals surface area contributed by atoms with Crippen molar-refractivity contribution < 1.29 is 13.6 Å². The molecule has 3 heterocycles. The standard InChI is InChI=1S/C24H27F2N7O/c1-14-28-18-6-5-15(9-19(18)32(14)13-21(25)26)17-7-8-33-20(17)12-27-23(30-33)29-16-10-24(2,11-16)22(34)31(3)4/h5-9,12,16,21H,10-11,13H2,1-4H3,(H,29,30). The summed E-state index contributed by atoms with van der Waals surface area (Å²) in [5, 5.41) is 7.90. The predicted octanol–water partition coefficient (Wildman–Crippen LogP) is 3.99. The average Bonchev–Trinajstić information content (AvgIpc) is 3.31. The maximum atomic E-state index is 13.1. The van der Waals surface area contributed by atoms with E-state index in [-0.39, 0.29) is 23.9 Å². The zero-order chi connectivity index (χ0) is 24.2. The lowest BCUT2D eigenvalue weighted by Crippen LogP contribution is -2.52. The van der Waals surface area contributed by atoms with E-state index < -0.39 is 6.43 Å². The van der Waals surface area contributed by atoms with E-state index in [0.717, 1.165) is 29.5 Å². The van der Waals surface area contributed by atoms with Crippen molar-refractivity contribution >= 4 is 28.4 Å². The van der Waals surface area contributed by atoms with Crippen molar-refractivity contribution in [2.75, 3.05) is 19.4 Å². The number of nitrogens with zero attached hydrogens (tertiary/aromatic N) is 6. The van der Waals surface area contributed by atoms with Gasteiger partial charge in [-0.05, 0) is 43.5 Å². The summed E-state index contributed by atoms with van der Waals surface area (Å²) in [5.41, 5.74) is 3.61. The van der Waals surface area contributed by atoms with Crippen LogP contribution in [0.2, 0.25) is 0 Å². The number of halogens is 2. The molecule has 4 aromatic rings. The van der Waals surface area contributed by atoms with Gasteiger partial charge in [-0.15, -0.1) is 5.10 Å². The molecule has 1 fully saturated rings. The van der Waals surface area contributed by atoms with Gasteiger partial charge >= 0.3 is 0 Å². The second-order valence-electron chi connectivity index (χ2n) is 9.51. The molecule has 0 spiro atoms. The highest BCUT2D eigenvalue weighted by molar-refractivity contribution is 5.88. The zero-order valence-corrected chi connectivity index (χ0v) is 19.6. The molecule has 1 aliphatic carbocycles. The minimum absolute atomic E-state index is 0.138. The molecule has 3 aromatic heterocycles. The third-order valence-electron chi connectivity index (χ3n) is 6.64. The van der Waals surface area contributed by atoms with E-state index in [1.807, 2.05) is 37.4 Å². The molecule has 0 bridgehead atoms. The summed E-state index contributed by atoms with van der Waals surface area (Å²) in [6.07, 6.45) is 2.61. The first-order valence-corrected chi connectivity index (χ1v) is 11.2. The van der Waals surface area contributed by atoms with Gasteiger partial charge in [-0.1, -0.05) is 13.0 Å². The van der Waals surface area contributed by atoms with Gasteiger partial charge in [0.15, 0.2) is 0 Å². The molecule has 178 valence electrons. The first-order valence-electron chi connectivity index (χ1n) is 11.2. The number of benzene rings is 1. The fraction of sp³-hybridized carbons (Fsp3) is 0.417. The normalized spacial score (nSPS) is 20.1. The van der Waals surface area contributed by atoms with Crippen LogP contribution in [0.1, 0.15) is 25.6 Å². The number of hydrogen-bond acceptors (Lipinski definition) is 5. The Morgan fingerprint density at radius 2 is 2.03 bits per heavy atom. The van der Waals surface area contributed by atoms with Crippen LogP contribution in [0.5, 0.6) is 0 Å². The molecule has 0 atom stereocenters. The second kappa shape index (κ2) is 8.03. The summed E-state index contributed by atoms with van der Waals surface area (Å²) in [7, 11) is 3.56. The number of aromatic nitrogens is 5. The smallest absolute Gasteiger partial charge is 0.256 e. The fourth-order valence-corrected chi connectivity index (χ4v) is 5.02. The number of carbonyl (C=O) groups is 1. The van der Waals surface area contributed by atoms with Crippen molar-refractivity contribution in [1.82, 2.24) is 29.0 Å². The molecule has 1 saturated carbocycles. The highest BCUT2D eigenvalue weighted by Crippen LogP contribution is 2.43. The molecule has 0 unspecified atom stereocenters. The Morgan fingerprint density at radius 1 is 1.26 bits per heavy atom. The van der Waals surface area contributed by atoms with Crippen molar-refractivity contribution in [3.63, 3.8) is 0 Å². The lowest BCUT2D eigenvalue weighted by atomic mass is 9.66. The van der Waals surface area contributed by atoms with E-state index in [9.17, 15) is 13.6 Å². The Morgan fingerprint density at radius 3 is 2.74 bits per heavy atom. The number of fused-ring (bicyclic) bond motifs is 2. The van der Waals surface area contributed by atoms with E-state index in [1.54, 1.807) is 41.2 Å². The third-order valence-corrected chi connectivity index (χ3v) is 6.64. The predicted molar refractivity (Wildman–Crippen MR) is 126 cm³/mol. The third kappa shape index (κ3) is 3.76. The largest absolute Gasteiger partial charge is 0.350 e. The van der Waals surface area contributed by atoms with E-state index in [2.05, 4.69) is 20.4 Å². The number of hydrogen-bond donors (Lipinski definition) is 1. The number of carbonyl (C=O) groups excluding carboxylic acids is 1. The Hall–Kier alpha value is -3.56. The molecule has 0 radical (unpaired) electrons. The first-order chi connectivity index (χ1) is 16.1. The Labute approximate surface area is 195 Å². The van der Waals surface area contributed by atoms with Crippen LogP contribution < -0.4 is 5.32 Å². The summed E-state index contributed by atoms with van der Waals surface area (Å²) in [6, 6.07) is 7.74. The Bertz CT molecular complexity index is 1390. The highest BCUT2D eigenvalue weighted by atomic mass is 19.3. The molecule has 1 amide bonds. The highest BCUT2D eigenvalue weighted by Gasteiger charge is 2.47. The summed E-state index contributed by atoms with van der Waals surface area (Å²) in [6.45, 7) is 3.33. The van der Waals surface area contributed by atoms with E-state index >= 15 is 0 Å². The fourth-order valence-electron chi connectivity index (χ4n) is 5.02. The van der Waals surface area contributed by atoms with Gasteiger partial charge in [0.1, 0.15) is 5.82 Å². The van der Waals surface area contributed by atoms with Gasteiger partial charge < -0.3 is 14.8 Å². The van der Waals surface area contributed by atoms with Crippen molar-refractivity contribution in [1.29, 1.82) is 0 Å². The van der Waals surface area contributed by atoms with Gasteiger partial charge in [-0.3, -0.25) is 4.79 Å². The summed E-state index contributed by atoms with van der Waals surface area (Å²) >= 11 is 0. The van der Waals surface area contributed by atoms with E-state index in [4.69, 9.17) is 0 Å². The molecule has 1 aromatic carbocycles. The number of alkyl halides is 2. The molecular formula is C24H27F2N7O. The first kappa shape index (κ1) is 22.2. The van der Waals surface area contributed by atoms with Crippen LogP contribution in [0.4, 0.5) is 14.7 Å². The quantitative estimate of drug-likeness (QED) is 0.464. The lowest BCUT2D eigenvalue weighted by molar-refractivity contribution is -0.143. The Balaban J connectivity index is 1.38. The van der Waals surface area contributed by atoms with Crippen LogP contribution in [0.15, 0.2) is 36.7 Å². The molecule has 0 saturated heterocycles. The molecule has 0 aliphatic heterocycles. The van der Waals surface area contributed by atoms with Gasteiger partial charge in [0.05, 0.1) is 34.7 Å². The molecule has 1 aliphatic rings. The van der Waals surface area contributed by atoms with Crippen LogP contribution >= 0.6 is 0 Å². The topological polar surface area (TPSA) is 80.3 Å². The van der Waals surface area contributed by atoms with E-state index in [1.165, 1.54) is 0 Å². The summed E-state index contributed by atoms with van der Waals surface area (Å²) < 4.78 is 29.4. The van der Waals surface area contributed by atoms with Crippen LogP contribution in [-0.2, 0) is 11.3 Å². The number of amides is 1. The SMILES string of the molecule is Cc1nc2ccc(-c3ccn4nc(NC5CC(C)(C(=O)N(C)C)C5)ncc34)cc2n1CC(F)F. The van der Waals surface area contributed by atoms with Gasteiger partial charge in [0, 0.05) is 31.9 Å². The number of aryl methyl sites for hydroxylation is 1. The zero-order valence-electron chi connectivity index (χ0n) is 19.6. The minimum Gasteiger partial charge on any atom is -0.350 e. The van der Waals surface area contributed by atoms with Crippen LogP contribution in [0.3, 0.4) is 0 Å². The number of nitrogens with one attached hydrogen (secondary N) is 1. The minimum atomic E-state index is -2.45. The van der Waals surface area contributed by atoms with Crippen LogP contribution in [-0.4, -0.2) is 61.5 Å². The maximum Gasteiger partial charge on any atom is 0.256 e. The summed E-state index contributed by atoms with van der Waals surface area (Å²) in [4.78, 5) is 22.9. The lowest BCUT2D eigenvalue weighted by Gasteiger charge is -2.45. The molecule has 34 heavy (non-hydrogen) atoms. The second-order valence-corrected chi connectivity index (χ2v) is 9.51. The van der Waals surface area contributed by atoms with Crippen molar-refractivity contribution in [2.24, 2.45) is 5.41 Å². The van der Waals surface area contributed by atoms with E-state index in [0.29, 0.717) is 22.8 Å². The molecule has 8 nitrogen and oxygen atoms in total. The van der Waals surface area contributed by atoms with Crippen molar-refractivity contribution in [3.05, 3.63) is 42.5 Å². The van der Waals surface area contributed by atoms with Gasteiger partial charge in [0.2, 0.25) is 11.9 Å². The Kier molecular flexibility index (Phi) is 5.26. The number of rotatable bonds is 6. The van der Waals surface area contributed by atoms with Crippen molar-refractivity contribution in [2.45, 2.75) is 45.7 Å². The molecular weight excluding hydrogens is 440 g/mol. The maximum absolute atomic E-state index is 13.1. The monoisotopic (exact) mass is 467 g/mol. The number of imidazole rings is 1. The average molecular weight is 468 g/mol. The van der Waals surface area contributed by atoms with Gasteiger partial charge in [-0.25, -0.2) is 23.3 Å².